The molecule has 1 aliphatic rings. The van der Waals surface area contributed by atoms with Crippen molar-refractivity contribution < 1.29 is 14.2 Å². The highest BCUT2D eigenvalue weighted by molar-refractivity contribution is 6.04. The molecule has 0 radical (unpaired) electrons. The Labute approximate surface area is 121 Å². The fraction of sp³-hybridized carbons (Fsp3) is 0.188. The number of hydrazone groups is 1. The maximum absolute atomic E-state index is 13.8. The van der Waals surface area contributed by atoms with Crippen molar-refractivity contribution in [2.75, 3.05) is 7.11 Å². The fourth-order valence-corrected chi connectivity index (χ4v) is 2.43. The van der Waals surface area contributed by atoms with Crippen molar-refractivity contribution in [2.24, 2.45) is 5.10 Å². The fourth-order valence-electron chi connectivity index (χ4n) is 2.43. The summed E-state index contributed by atoms with van der Waals surface area (Å²) in [6.07, 6.45) is 0.515. The average molecular weight is 286 g/mol. The van der Waals surface area contributed by atoms with Gasteiger partial charge in [0.15, 0.2) is 0 Å². The van der Waals surface area contributed by atoms with Crippen LogP contribution in [0.2, 0.25) is 0 Å². The maximum Gasteiger partial charge on any atom is 0.128 e. The zero-order chi connectivity index (χ0) is 14.8. The molecule has 108 valence electrons. The molecule has 0 bridgehead atoms. The van der Waals surface area contributed by atoms with Gasteiger partial charge in [-0.1, -0.05) is 18.2 Å². The van der Waals surface area contributed by atoms with Crippen LogP contribution in [0.1, 0.15) is 23.6 Å². The van der Waals surface area contributed by atoms with Crippen LogP contribution in [-0.2, 0) is 0 Å². The van der Waals surface area contributed by atoms with Gasteiger partial charge in [-0.3, -0.25) is 0 Å². The van der Waals surface area contributed by atoms with E-state index in [9.17, 15) is 9.50 Å². The first kappa shape index (κ1) is 13.4. The molecule has 1 atom stereocenters. The smallest absolute Gasteiger partial charge is 0.128 e. The molecule has 4 nitrogen and oxygen atoms in total. The summed E-state index contributed by atoms with van der Waals surface area (Å²) in [7, 11) is 1.54. The predicted molar refractivity (Wildman–Crippen MR) is 78.1 cm³/mol. The lowest BCUT2D eigenvalue weighted by Crippen LogP contribution is -2.11. The highest BCUT2D eigenvalue weighted by Crippen LogP contribution is 2.31. The number of methoxy groups -OCH3 is 1. The minimum Gasteiger partial charge on any atom is -0.507 e. The van der Waals surface area contributed by atoms with Crippen LogP contribution in [0, 0.1) is 5.82 Å². The molecule has 3 rings (SSSR count). The number of nitrogens with zero attached hydrogens (tertiary/aromatic N) is 1. The standard InChI is InChI=1S/C16H15FN2O2/c1-21-10-6-7-12(16(20)8-10)15-9-14(18-19-15)11-4-2-3-5-13(11)17/h2-8,14,18,20H,9H2,1H3/t14-/m1/s1. The van der Waals surface area contributed by atoms with E-state index in [1.54, 1.807) is 30.3 Å². The van der Waals surface area contributed by atoms with Crippen molar-refractivity contribution in [1.82, 2.24) is 5.43 Å². The summed E-state index contributed by atoms with van der Waals surface area (Å²) in [5.74, 6) is 0.419. The normalized spacial score (nSPS) is 17.2. The van der Waals surface area contributed by atoms with Crippen LogP contribution in [0.4, 0.5) is 4.39 Å². The molecule has 5 heteroatoms. The SMILES string of the molecule is COc1ccc(C2=NN[C@@H](c3ccccc3F)C2)c(O)c1. The molecule has 0 spiro atoms. The van der Waals surface area contributed by atoms with Crippen LogP contribution < -0.4 is 10.2 Å². The number of halogens is 1. The Bertz CT molecular complexity index is 700. The number of rotatable bonds is 3. The van der Waals surface area contributed by atoms with E-state index in [0.29, 0.717) is 29.0 Å². The number of phenols is 1. The van der Waals surface area contributed by atoms with Crippen LogP contribution >= 0.6 is 0 Å². The van der Waals surface area contributed by atoms with Crippen molar-refractivity contribution in [1.29, 1.82) is 0 Å². The number of benzene rings is 2. The van der Waals surface area contributed by atoms with Gasteiger partial charge in [0.05, 0.1) is 18.9 Å². The molecule has 0 aromatic heterocycles. The summed E-state index contributed by atoms with van der Waals surface area (Å²) in [6, 6.07) is 11.4. The first-order valence-corrected chi connectivity index (χ1v) is 6.63. The third-order valence-electron chi connectivity index (χ3n) is 3.55. The molecule has 0 fully saturated rings. The Morgan fingerprint density at radius 2 is 2.10 bits per heavy atom. The van der Waals surface area contributed by atoms with Crippen molar-refractivity contribution in [2.45, 2.75) is 12.5 Å². The lowest BCUT2D eigenvalue weighted by atomic mass is 9.98. The van der Waals surface area contributed by atoms with E-state index < -0.39 is 0 Å². The van der Waals surface area contributed by atoms with Gasteiger partial charge in [-0.15, -0.1) is 0 Å². The third-order valence-corrected chi connectivity index (χ3v) is 3.55. The zero-order valence-electron chi connectivity index (χ0n) is 11.5. The average Bonchev–Trinajstić information content (AvgIpc) is 2.97. The minimum absolute atomic E-state index is 0.101. The Hall–Kier alpha value is -2.56. The number of hydrogen-bond acceptors (Lipinski definition) is 4. The highest BCUT2D eigenvalue weighted by Gasteiger charge is 2.24. The van der Waals surface area contributed by atoms with Gasteiger partial charge in [0.1, 0.15) is 17.3 Å². The highest BCUT2D eigenvalue weighted by atomic mass is 19.1. The molecular weight excluding hydrogens is 271 g/mol. The number of hydrogen-bond donors (Lipinski definition) is 2. The van der Waals surface area contributed by atoms with Crippen LogP contribution in [-0.4, -0.2) is 17.9 Å². The summed E-state index contributed by atoms with van der Waals surface area (Å²) in [5, 5.41) is 14.3. The van der Waals surface area contributed by atoms with Crippen molar-refractivity contribution >= 4 is 5.71 Å². The molecule has 0 aliphatic carbocycles. The predicted octanol–water partition coefficient (Wildman–Crippen LogP) is 2.98. The van der Waals surface area contributed by atoms with Gasteiger partial charge in [-0.25, -0.2) is 4.39 Å². The number of phenolic OH excluding ortho intramolecular Hbond substituents is 1. The molecule has 0 saturated carbocycles. The van der Waals surface area contributed by atoms with Crippen molar-refractivity contribution in [3.05, 3.63) is 59.4 Å². The second-order valence-electron chi connectivity index (χ2n) is 4.85. The number of nitrogens with one attached hydrogen (secondary N) is 1. The third kappa shape index (κ3) is 2.54. The van der Waals surface area contributed by atoms with Crippen LogP contribution in [0.15, 0.2) is 47.6 Å². The lowest BCUT2D eigenvalue weighted by molar-refractivity contribution is 0.407. The van der Waals surface area contributed by atoms with Gasteiger partial charge in [0.25, 0.3) is 0 Å². The Balaban J connectivity index is 1.83. The zero-order valence-corrected chi connectivity index (χ0v) is 11.5. The Morgan fingerprint density at radius 3 is 2.81 bits per heavy atom. The quantitative estimate of drug-likeness (QED) is 0.912. The van der Waals surface area contributed by atoms with E-state index in [-0.39, 0.29) is 17.6 Å². The number of aromatic hydroxyl groups is 1. The van der Waals surface area contributed by atoms with Gasteiger partial charge >= 0.3 is 0 Å². The van der Waals surface area contributed by atoms with E-state index in [4.69, 9.17) is 4.74 Å². The van der Waals surface area contributed by atoms with Crippen LogP contribution in [0.5, 0.6) is 11.5 Å². The minimum atomic E-state index is -0.259. The molecule has 0 amide bonds. The summed E-state index contributed by atoms with van der Waals surface area (Å²) in [5.41, 5.74) is 4.82. The second kappa shape index (κ2) is 5.44. The van der Waals surface area contributed by atoms with E-state index in [1.165, 1.54) is 19.2 Å². The lowest BCUT2D eigenvalue weighted by Gasteiger charge is -2.11. The monoisotopic (exact) mass is 286 g/mol. The van der Waals surface area contributed by atoms with Gasteiger partial charge in [0, 0.05) is 23.6 Å². The molecular formula is C16H15FN2O2. The largest absolute Gasteiger partial charge is 0.507 e. The van der Waals surface area contributed by atoms with E-state index in [2.05, 4.69) is 10.5 Å². The van der Waals surface area contributed by atoms with Gasteiger partial charge in [-0.05, 0) is 18.2 Å². The number of ether oxygens (including phenoxy) is 1. The van der Waals surface area contributed by atoms with Gasteiger partial charge < -0.3 is 15.3 Å². The summed E-state index contributed by atoms with van der Waals surface area (Å²) < 4.78 is 18.8. The Kier molecular flexibility index (Phi) is 3.48. The summed E-state index contributed by atoms with van der Waals surface area (Å²) >= 11 is 0. The summed E-state index contributed by atoms with van der Waals surface area (Å²) in [4.78, 5) is 0. The van der Waals surface area contributed by atoms with Crippen LogP contribution in [0.25, 0.3) is 0 Å². The topological polar surface area (TPSA) is 53.8 Å². The van der Waals surface area contributed by atoms with Crippen LogP contribution in [0.3, 0.4) is 0 Å². The first-order chi connectivity index (χ1) is 10.2. The molecule has 2 N–H and O–H groups in total. The van der Waals surface area contributed by atoms with Gasteiger partial charge in [0.2, 0.25) is 0 Å². The van der Waals surface area contributed by atoms with Crippen molar-refractivity contribution in [3.8, 4) is 11.5 Å². The van der Waals surface area contributed by atoms with E-state index in [1.807, 2.05) is 0 Å². The second-order valence-corrected chi connectivity index (χ2v) is 4.85. The Morgan fingerprint density at radius 1 is 1.29 bits per heavy atom. The summed E-state index contributed by atoms with van der Waals surface area (Å²) in [6.45, 7) is 0. The van der Waals surface area contributed by atoms with E-state index in [0.717, 1.165) is 0 Å². The maximum atomic E-state index is 13.8. The molecule has 0 saturated heterocycles. The first-order valence-electron chi connectivity index (χ1n) is 6.63. The van der Waals surface area contributed by atoms with E-state index >= 15 is 0 Å². The molecule has 2 aromatic rings. The molecule has 2 aromatic carbocycles. The molecule has 0 unspecified atom stereocenters. The van der Waals surface area contributed by atoms with Gasteiger partial charge in [-0.2, -0.15) is 5.10 Å². The molecule has 1 heterocycles. The molecule has 21 heavy (non-hydrogen) atoms. The van der Waals surface area contributed by atoms with Crippen molar-refractivity contribution in [3.63, 3.8) is 0 Å². The molecule has 1 aliphatic heterocycles.